The zero-order valence-corrected chi connectivity index (χ0v) is 9.88. The number of nitrogens with one attached hydrogen (secondary N) is 1. The van der Waals surface area contributed by atoms with Crippen molar-refractivity contribution in [2.45, 2.75) is 45.8 Å². The lowest BCUT2D eigenvalue weighted by atomic mass is 10.1. The molecule has 1 rings (SSSR count). The van der Waals surface area contributed by atoms with Crippen molar-refractivity contribution in [2.75, 3.05) is 0 Å². The minimum absolute atomic E-state index is 0.229. The normalized spacial score (nSPS) is 11.3. The van der Waals surface area contributed by atoms with Crippen LogP contribution in [0.2, 0.25) is 0 Å². The molecule has 0 aliphatic carbocycles. The molecule has 1 aromatic rings. The van der Waals surface area contributed by atoms with Gasteiger partial charge in [0.05, 0.1) is 5.54 Å². The number of aryl methyl sites for hydroxylation is 1. The van der Waals surface area contributed by atoms with Gasteiger partial charge in [0, 0.05) is 25.5 Å². The molecule has 0 spiro atoms. The highest BCUT2D eigenvalue weighted by Gasteiger charge is 2.12. The summed E-state index contributed by atoms with van der Waals surface area (Å²) < 4.78 is 2.21. The Hall–Kier alpha value is -1.20. The van der Waals surface area contributed by atoms with Crippen LogP contribution >= 0.6 is 0 Å². The van der Waals surface area contributed by atoms with Gasteiger partial charge in [-0.25, -0.2) is 0 Å². The largest absolute Gasteiger partial charge is 0.354 e. The van der Waals surface area contributed by atoms with Crippen molar-refractivity contribution in [1.82, 2.24) is 9.88 Å². The summed E-state index contributed by atoms with van der Waals surface area (Å²) in [7, 11) is 0. The van der Waals surface area contributed by atoms with E-state index >= 15 is 0 Å². The Balaban J connectivity index is 2.48. The Kier molecular flexibility index (Phi) is 3.99. The van der Waals surface area contributed by atoms with Crippen LogP contribution in [0.3, 0.4) is 0 Å². The molecule has 0 fully saturated rings. The lowest BCUT2D eigenvalue weighted by Gasteiger charge is -2.18. The van der Waals surface area contributed by atoms with Crippen molar-refractivity contribution in [3.63, 3.8) is 0 Å². The molecule has 0 aliphatic rings. The van der Waals surface area contributed by atoms with E-state index in [9.17, 15) is 0 Å². The Morgan fingerprint density at radius 2 is 2.27 bits per heavy atom. The van der Waals surface area contributed by atoms with Crippen LogP contribution in [-0.4, -0.2) is 10.1 Å². The maximum Gasteiger partial charge on any atom is 0.0743 e. The van der Waals surface area contributed by atoms with E-state index in [0.717, 1.165) is 19.5 Å². The van der Waals surface area contributed by atoms with Gasteiger partial charge >= 0.3 is 0 Å². The summed E-state index contributed by atoms with van der Waals surface area (Å²) in [6.45, 7) is 8.11. The highest BCUT2D eigenvalue weighted by atomic mass is 15.0. The molecule has 0 amide bonds. The van der Waals surface area contributed by atoms with Gasteiger partial charge < -0.3 is 4.57 Å². The third-order valence-electron chi connectivity index (χ3n) is 2.39. The second-order valence-electron chi connectivity index (χ2n) is 4.38. The van der Waals surface area contributed by atoms with Crippen molar-refractivity contribution in [3.8, 4) is 12.3 Å². The highest BCUT2D eigenvalue weighted by Crippen LogP contribution is 2.05. The van der Waals surface area contributed by atoms with Gasteiger partial charge in [0.15, 0.2) is 0 Å². The molecular formula is C13H20N2. The fourth-order valence-electron chi connectivity index (χ4n) is 1.37. The Bertz CT molecular complexity index is 342. The van der Waals surface area contributed by atoms with Gasteiger partial charge in [-0.15, -0.1) is 6.42 Å². The van der Waals surface area contributed by atoms with Crippen molar-refractivity contribution in [1.29, 1.82) is 0 Å². The highest BCUT2D eigenvalue weighted by molar-refractivity contribution is 5.13. The lowest BCUT2D eigenvalue weighted by Crippen LogP contribution is -2.36. The van der Waals surface area contributed by atoms with Gasteiger partial charge in [0.25, 0.3) is 0 Å². The van der Waals surface area contributed by atoms with Crippen LogP contribution in [0.15, 0.2) is 18.5 Å². The first-order chi connectivity index (χ1) is 7.07. The minimum Gasteiger partial charge on any atom is -0.354 e. The summed E-state index contributed by atoms with van der Waals surface area (Å²) in [6.07, 6.45) is 10.9. The van der Waals surface area contributed by atoms with Crippen LogP contribution in [0.5, 0.6) is 0 Å². The molecule has 0 atom stereocenters. The van der Waals surface area contributed by atoms with Gasteiger partial charge in [0.2, 0.25) is 0 Å². The molecule has 0 radical (unpaired) electrons. The van der Waals surface area contributed by atoms with E-state index in [4.69, 9.17) is 6.42 Å². The summed E-state index contributed by atoms with van der Waals surface area (Å²) >= 11 is 0. The summed E-state index contributed by atoms with van der Waals surface area (Å²) in [6, 6.07) is 2.13. The van der Waals surface area contributed by atoms with Crippen LogP contribution in [0.4, 0.5) is 0 Å². The average molecular weight is 204 g/mol. The van der Waals surface area contributed by atoms with E-state index in [2.05, 4.69) is 41.2 Å². The van der Waals surface area contributed by atoms with Gasteiger partial charge in [-0.1, -0.05) is 12.8 Å². The topological polar surface area (TPSA) is 17.0 Å². The molecule has 2 heteroatoms. The van der Waals surface area contributed by atoms with E-state index in [-0.39, 0.29) is 5.54 Å². The monoisotopic (exact) mass is 204 g/mol. The van der Waals surface area contributed by atoms with Crippen molar-refractivity contribution in [2.24, 2.45) is 0 Å². The molecule has 0 bridgehead atoms. The third kappa shape index (κ3) is 3.81. The maximum absolute atomic E-state index is 5.41. The molecule has 82 valence electrons. The SMILES string of the molecule is C#CC(C)(C)NCc1ccn(CCC)c1. The Morgan fingerprint density at radius 1 is 1.53 bits per heavy atom. The molecule has 1 heterocycles. The van der Waals surface area contributed by atoms with Crippen LogP contribution in [-0.2, 0) is 13.1 Å². The van der Waals surface area contributed by atoms with E-state index in [1.54, 1.807) is 0 Å². The van der Waals surface area contributed by atoms with Crippen molar-refractivity contribution in [3.05, 3.63) is 24.0 Å². The van der Waals surface area contributed by atoms with Crippen LogP contribution in [0, 0.1) is 12.3 Å². The standard InChI is InChI=1S/C13H20N2/c1-5-8-15-9-7-12(11-15)10-14-13(3,4)6-2/h2,7,9,11,14H,5,8,10H2,1,3-4H3. The predicted molar refractivity (Wildman–Crippen MR) is 64.5 cm³/mol. The fraction of sp³-hybridized carbons (Fsp3) is 0.538. The molecule has 0 aromatic carbocycles. The van der Waals surface area contributed by atoms with Gasteiger partial charge in [0.1, 0.15) is 0 Å². The van der Waals surface area contributed by atoms with E-state index in [1.165, 1.54) is 5.56 Å². The van der Waals surface area contributed by atoms with Gasteiger partial charge in [-0.2, -0.15) is 0 Å². The number of nitrogens with zero attached hydrogens (tertiary/aromatic N) is 1. The molecule has 15 heavy (non-hydrogen) atoms. The summed E-state index contributed by atoms with van der Waals surface area (Å²) in [5.74, 6) is 2.73. The quantitative estimate of drug-likeness (QED) is 0.729. The Labute approximate surface area is 92.7 Å². The average Bonchev–Trinajstić information content (AvgIpc) is 2.64. The van der Waals surface area contributed by atoms with E-state index in [1.807, 2.05) is 13.8 Å². The third-order valence-corrected chi connectivity index (χ3v) is 2.39. The van der Waals surface area contributed by atoms with Crippen LogP contribution in [0.1, 0.15) is 32.8 Å². The summed E-state index contributed by atoms with van der Waals surface area (Å²) in [4.78, 5) is 0. The lowest BCUT2D eigenvalue weighted by molar-refractivity contribution is 0.490. The molecule has 0 saturated heterocycles. The summed E-state index contributed by atoms with van der Waals surface area (Å²) in [5, 5.41) is 3.33. The molecule has 1 N–H and O–H groups in total. The zero-order valence-electron chi connectivity index (χ0n) is 9.88. The fourth-order valence-corrected chi connectivity index (χ4v) is 1.37. The number of aromatic nitrogens is 1. The van der Waals surface area contributed by atoms with E-state index < -0.39 is 0 Å². The van der Waals surface area contributed by atoms with Crippen molar-refractivity contribution >= 4 is 0 Å². The van der Waals surface area contributed by atoms with Gasteiger partial charge in [-0.05, 0) is 31.9 Å². The predicted octanol–water partition coefficient (Wildman–Crippen LogP) is 2.40. The van der Waals surface area contributed by atoms with Gasteiger partial charge in [-0.3, -0.25) is 5.32 Å². The second-order valence-corrected chi connectivity index (χ2v) is 4.38. The second kappa shape index (κ2) is 5.04. The Morgan fingerprint density at radius 3 is 2.87 bits per heavy atom. The zero-order chi connectivity index (χ0) is 11.3. The van der Waals surface area contributed by atoms with Crippen LogP contribution in [0.25, 0.3) is 0 Å². The first kappa shape index (κ1) is 11.9. The smallest absolute Gasteiger partial charge is 0.0743 e. The number of hydrogen-bond donors (Lipinski definition) is 1. The number of terminal acetylenes is 1. The molecule has 0 aliphatic heterocycles. The molecular weight excluding hydrogens is 184 g/mol. The summed E-state index contributed by atoms with van der Waals surface area (Å²) in [5.41, 5.74) is 1.05. The molecule has 2 nitrogen and oxygen atoms in total. The van der Waals surface area contributed by atoms with E-state index in [0.29, 0.717) is 0 Å². The maximum atomic E-state index is 5.41. The molecule has 0 saturated carbocycles. The first-order valence-electron chi connectivity index (χ1n) is 5.45. The van der Waals surface area contributed by atoms with Crippen LogP contribution < -0.4 is 5.32 Å². The molecule has 0 unspecified atom stereocenters. The number of hydrogen-bond acceptors (Lipinski definition) is 1. The molecule has 1 aromatic heterocycles. The minimum atomic E-state index is -0.229. The first-order valence-corrected chi connectivity index (χ1v) is 5.45. The van der Waals surface area contributed by atoms with Crippen molar-refractivity contribution < 1.29 is 0 Å². The number of rotatable bonds is 5.